The van der Waals surface area contributed by atoms with Crippen LogP contribution in [0.3, 0.4) is 0 Å². The lowest BCUT2D eigenvalue weighted by Gasteiger charge is -2.31. The van der Waals surface area contributed by atoms with E-state index in [1.54, 1.807) is 24.8 Å². The first-order valence-corrected chi connectivity index (χ1v) is 10.7. The molecular weight excluding hydrogens is 412 g/mol. The molecule has 0 spiro atoms. The fourth-order valence-corrected chi connectivity index (χ4v) is 3.86. The normalized spacial score (nSPS) is 14.5. The van der Waals surface area contributed by atoms with Crippen molar-refractivity contribution in [1.29, 1.82) is 0 Å². The van der Waals surface area contributed by atoms with Crippen molar-refractivity contribution in [3.8, 4) is 11.3 Å². The van der Waals surface area contributed by atoms with Gasteiger partial charge >= 0.3 is 6.09 Å². The molecule has 0 aliphatic carbocycles. The smallest absolute Gasteiger partial charge is 0.409 e. The van der Waals surface area contributed by atoms with Crippen LogP contribution in [0.2, 0.25) is 0 Å². The molecule has 0 saturated carbocycles. The molecule has 0 unspecified atom stereocenters. The van der Waals surface area contributed by atoms with Crippen molar-refractivity contribution in [3.05, 3.63) is 52.6 Å². The average Bonchev–Trinajstić information content (AvgIpc) is 3.25. The maximum Gasteiger partial charge on any atom is 0.409 e. The minimum Gasteiger partial charge on any atom is -0.450 e. The molecule has 4 rings (SSSR count). The molecule has 3 heterocycles. The highest BCUT2D eigenvalue weighted by atomic mass is 16.6. The topological polar surface area (TPSA) is 111 Å². The summed E-state index contributed by atoms with van der Waals surface area (Å²) in [6.07, 6.45) is 0.939. The first-order chi connectivity index (χ1) is 15.5. The fourth-order valence-electron chi connectivity index (χ4n) is 3.86. The van der Waals surface area contributed by atoms with Crippen molar-refractivity contribution in [2.24, 2.45) is 0 Å². The molecule has 0 bridgehead atoms. The number of hydrogen-bond donors (Lipinski definition) is 1. The lowest BCUT2D eigenvalue weighted by Crippen LogP contribution is -2.48. The molecule has 1 N–H and O–H groups in total. The van der Waals surface area contributed by atoms with Gasteiger partial charge in [0.15, 0.2) is 0 Å². The highest BCUT2D eigenvalue weighted by molar-refractivity contribution is 5.76. The highest BCUT2D eigenvalue weighted by Gasteiger charge is 2.25. The van der Waals surface area contributed by atoms with Gasteiger partial charge in [0, 0.05) is 24.7 Å². The van der Waals surface area contributed by atoms with Gasteiger partial charge in [0.1, 0.15) is 17.9 Å². The molecule has 3 aromatic rings. The predicted octanol–water partition coefficient (Wildman–Crippen LogP) is 1.60. The van der Waals surface area contributed by atoms with Gasteiger partial charge in [0.2, 0.25) is 5.91 Å². The number of rotatable bonds is 5. The van der Waals surface area contributed by atoms with Crippen LogP contribution in [0.15, 0.2) is 41.2 Å². The van der Waals surface area contributed by atoms with E-state index >= 15 is 0 Å². The van der Waals surface area contributed by atoms with E-state index in [-0.39, 0.29) is 30.1 Å². The summed E-state index contributed by atoms with van der Waals surface area (Å²) in [5.74, 6) is 0.220. The van der Waals surface area contributed by atoms with Gasteiger partial charge in [-0.15, -0.1) is 0 Å². The third-order valence-electron chi connectivity index (χ3n) is 5.48. The van der Waals surface area contributed by atoms with Crippen molar-refractivity contribution in [2.75, 3.05) is 19.7 Å². The van der Waals surface area contributed by atoms with E-state index in [2.05, 4.69) is 15.5 Å². The van der Waals surface area contributed by atoms with E-state index in [9.17, 15) is 14.4 Å². The van der Waals surface area contributed by atoms with Crippen molar-refractivity contribution < 1.29 is 14.3 Å². The van der Waals surface area contributed by atoms with Crippen LogP contribution in [0.1, 0.15) is 25.6 Å². The molecule has 1 aliphatic rings. The number of nitrogens with zero attached hydrogens (tertiary/aromatic N) is 5. The number of hydrogen-bond acceptors (Lipinski definition) is 6. The van der Waals surface area contributed by atoms with Crippen LogP contribution in [0.25, 0.3) is 16.8 Å². The molecule has 2 aromatic heterocycles. The monoisotopic (exact) mass is 438 g/mol. The van der Waals surface area contributed by atoms with Crippen molar-refractivity contribution in [2.45, 2.75) is 39.3 Å². The zero-order valence-corrected chi connectivity index (χ0v) is 18.2. The number of carbonyl (C=O) groups excluding carboxylic acids is 2. The van der Waals surface area contributed by atoms with Crippen molar-refractivity contribution in [1.82, 2.24) is 29.6 Å². The standard InChI is InChI=1S/C22H26N6O4/c1-3-32-22(31)26-11-9-17(10-12-26)23-20(29)14-27-21(30)19-13-18(16-7-5-4-6-8-16)25-28(19)15(2)24-27/h4-8,13,17H,3,9-12,14H2,1-2H3,(H,23,29). The number of likely N-dealkylation sites (tertiary alicyclic amines) is 1. The number of nitrogens with one attached hydrogen (secondary N) is 1. The van der Waals surface area contributed by atoms with Crippen LogP contribution >= 0.6 is 0 Å². The van der Waals surface area contributed by atoms with Gasteiger partial charge < -0.3 is 15.0 Å². The highest BCUT2D eigenvalue weighted by Crippen LogP contribution is 2.18. The number of benzene rings is 1. The summed E-state index contributed by atoms with van der Waals surface area (Å²) in [6, 6.07) is 11.2. The van der Waals surface area contributed by atoms with Gasteiger partial charge in [0.25, 0.3) is 5.56 Å². The Morgan fingerprint density at radius 3 is 2.56 bits per heavy atom. The number of aromatic nitrogens is 4. The molecule has 1 saturated heterocycles. The Bertz CT molecular complexity index is 1180. The van der Waals surface area contributed by atoms with E-state index in [0.717, 1.165) is 5.56 Å². The Morgan fingerprint density at radius 2 is 1.88 bits per heavy atom. The quantitative estimate of drug-likeness (QED) is 0.648. The minimum absolute atomic E-state index is 0.0617. The zero-order chi connectivity index (χ0) is 22.7. The first-order valence-electron chi connectivity index (χ1n) is 10.7. The summed E-state index contributed by atoms with van der Waals surface area (Å²) in [6.45, 7) is 4.71. The van der Waals surface area contributed by atoms with Crippen LogP contribution < -0.4 is 10.9 Å². The van der Waals surface area contributed by atoms with Gasteiger partial charge in [-0.3, -0.25) is 9.59 Å². The van der Waals surface area contributed by atoms with E-state index in [0.29, 0.717) is 49.6 Å². The summed E-state index contributed by atoms with van der Waals surface area (Å²) in [4.78, 5) is 39.0. The van der Waals surface area contributed by atoms with Crippen LogP contribution in [0.4, 0.5) is 4.79 Å². The summed E-state index contributed by atoms with van der Waals surface area (Å²) in [5, 5.41) is 11.7. The molecule has 0 radical (unpaired) electrons. The number of carbonyl (C=O) groups is 2. The molecule has 1 fully saturated rings. The largest absolute Gasteiger partial charge is 0.450 e. The van der Waals surface area contributed by atoms with Gasteiger partial charge in [-0.2, -0.15) is 10.2 Å². The minimum atomic E-state index is -0.377. The molecule has 1 aromatic carbocycles. The Balaban J connectivity index is 1.44. The van der Waals surface area contributed by atoms with E-state index < -0.39 is 0 Å². The Morgan fingerprint density at radius 1 is 1.16 bits per heavy atom. The lowest BCUT2D eigenvalue weighted by atomic mass is 10.1. The second kappa shape index (κ2) is 9.21. The lowest BCUT2D eigenvalue weighted by molar-refractivity contribution is -0.122. The summed E-state index contributed by atoms with van der Waals surface area (Å²) < 4.78 is 7.69. The van der Waals surface area contributed by atoms with Gasteiger partial charge in [-0.1, -0.05) is 30.3 Å². The molecule has 32 heavy (non-hydrogen) atoms. The van der Waals surface area contributed by atoms with Crippen LogP contribution in [0, 0.1) is 6.92 Å². The Hall–Kier alpha value is -3.69. The van der Waals surface area contributed by atoms with Crippen molar-refractivity contribution in [3.63, 3.8) is 0 Å². The number of aryl methyl sites for hydroxylation is 1. The summed E-state index contributed by atoms with van der Waals surface area (Å²) >= 11 is 0. The average molecular weight is 438 g/mol. The second-order valence-corrected chi connectivity index (χ2v) is 7.73. The van der Waals surface area contributed by atoms with Gasteiger partial charge in [-0.25, -0.2) is 14.0 Å². The Labute approximate surface area is 184 Å². The zero-order valence-electron chi connectivity index (χ0n) is 18.2. The molecule has 168 valence electrons. The molecule has 0 atom stereocenters. The maximum absolute atomic E-state index is 12.9. The van der Waals surface area contributed by atoms with Crippen LogP contribution in [-0.2, 0) is 16.1 Å². The maximum atomic E-state index is 12.9. The molecule has 10 nitrogen and oxygen atoms in total. The third kappa shape index (κ3) is 4.48. The van der Waals surface area contributed by atoms with Gasteiger partial charge in [-0.05, 0) is 32.8 Å². The molecule has 10 heteroatoms. The van der Waals surface area contributed by atoms with E-state index in [1.165, 1.54) is 9.20 Å². The SMILES string of the molecule is CCOC(=O)N1CCC(NC(=O)Cn2nc(C)n3nc(-c4ccccc4)cc3c2=O)CC1. The van der Waals surface area contributed by atoms with Crippen LogP contribution in [0.5, 0.6) is 0 Å². The van der Waals surface area contributed by atoms with E-state index in [1.807, 2.05) is 30.3 Å². The first kappa shape index (κ1) is 21.5. The Kier molecular flexibility index (Phi) is 6.20. The second-order valence-electron chi connectivity index (χ2n) is 7.73. The number of ether oxygens (including phenoxy) is 1. The summed E-state index contributed by atoms with van der Waals surface area (Å²) in [7, 11) is 0. The number of amides is 2. The number of piperidine rings is 1. The molecule has 2 amide bonds. The summed E-state index contributed by atoms with van der Waals surface area (Å²) in [5.41, 5.74) is 1.56. The predicted molar refractivity (Wildman–Crippen MR) is 117 cm³/mol. The van der Waals surface area contributed by atoms with Crippen molar-refractivity contribution >= 4 is 17.5 Å². The molecular formula is C22H26N6O4. The molecule has 1 aliphatic heterocycles. The van der Waals surface area contributed by atoms with Gasteiger partial charge in [0.05, 0.1) is 12.3 Å². The van der Waals surface area contributed by atoms with E-state index in [4.69, 9.17) is 4.74 Å². The van der Waals surface area contributed by atoms with Crippen LogP contribution in [-0.4, -0.2) is 62.0 Å². The fraction of sp³-hybridized carbons (Fsp3) is 0.409. The number of fused-ring (bicyclic) bond motifs is 1. The third-order valence-corrected chi connectivity index (χ3v) is 5.48.